The smallest absolute Gasteiger partial charge is 0.335 e. The third-order valence-corrected chi connectivity index (χ3v) is 7.83. The van der Waals surface area contributed by atoms with Crippen molar-refractivity contribution in [3.63, 3.8) is 0 Å². The van der Waals surface area contributed by atoms with E-state index in [1.54, 1.807) is 35.6 Å². The zero-order chi connectivity index (χ0) is 26.9. The molecular formula is C33H26N2O3S. The number of benzene rings is 3. The summed E-state index contributed by atoms with van der Waals surface area (Å²) in [6.45, 7) is 1.90. The number of carbonyl (C=O) groups excluding carboxylic acids is 1. The first kappa shape index (κ1) is 24.6. The predicted octanol–water partition coefficient (Wildman–Crippen LogP) is 7.60. The second-order valence-corrected chi connectivity index (χ2v) is 10.5. The molecule has 6 rings (SSSR count). The molecule has 3 aromatic heterocycles. The van der Waals surface area contributed by atoms with Crippen LogP contribution in [0.3, 0.4) is 0 Å². The summed E-state index contributed by atoms with van der Waals surface area (Å²) in [5.74, 6) is -1.15. The molecule has 0 fully saturated rings. The zero-order valence-electron chi connectivity index (χ0n) is 21.3. The maximum absolute atomic E-state index is 13.8. The molecule has 3 heterocycles. The number of amides is 1. The van der Waals surface area contributed by atoms with Crippen molar-refractivity contribution in [3.8, 4) is 11.1 Å². The van der Waals surface area contributed by atoms with E-state index in [1.807, 2.05) is 41.1 Å². The van der Waals surface area contributed by atoms with Crippen molar-refractivity contribution in [1.29, 1.82) is 0 Å². The van der Waals surface area contributed by atoms with Gasteiger partial charge < -0.3 is 14.8 Å². The first-order valence-electron chi connectivity index (χ1n) is 12.7. The Morgan fingerprint density at radius 1 is 0.923 bits per heavy atom. The first-order chi connectivity index (χ1) is 19.0. The summed E-state index contributed by atoms with van der Waals surface area (Å²) in [5, 5.41) is 18.8. The number of carboxylic acid groups (broad SMARTS) is 1. The van der Waals surface area contributed by atoms with Crippen molar-refractivity contribution in [2.24, 2.45) is 0 Å². The number of hydrogen-bond donors (Lipinski definition) is 2. The van der Waals surface area contributed by atoms with Gasteiger partial charge in [0, 0.05) is 12.4 Å². The molecule has 1 atom stereocenters. The molecule has 0 saturated heterocycles. The Balaban J connectivity index is 1.38. The Morgan fingerprint density at radius 3 is 2.46 bits per heavy atom. The normalized spacial score (nSPS) is 12.0. The molecular weight excluding hydrogens is 504 g/mol. The number of carboxylic acids is 1. The Labute approximate surface area is 230 Å². The van der Waals surface area contributed by atoms with Crippen molar-refractivity contribution < 1.29 is 14.7 Å². The average Bonchev–Trinajstić information content (AvgIpc) is 3.63. The van der Waals surface area contributed by atoms with Gasteiger partial charge in [-0.1, -0.05) is 54.6 Å². The first-order valence-corrected chi connectivity index (χ1v) is 13.7. The van der Waals surface area contributed by atoms with E-state index in [2.05, 4.69) is 59.4 Å². The van der Waals surface area contributed by atoms with Gasteiger partial charge in [0.05, 0.1) is 22.7 Å². The van der Waals surface area contributed by atoms with Crippen molar-refractivity contribution in [1.82, 2.24) is 9.72 Å². The molecule has 6 aromatic rings. The van der Waals surface area contributed by atoms with Gasteiger partial charge in [-0.2, -0.15) is 11.3 Å². The summed E-state index contributed by atoms with van der Waals surface area (Å²) < 4.78 is 2.05. The zero-order valence-corrected chi connectivity index (χ0v) is 22.1. The third kappa shape index (κ3) is 4.94. The van der Waals surface area contributed by atoms with Gasteiger partial charge in [0.15, 0.2) is 0 Å². The van der Waals surface area contributed by atoms with Crippen LogP contribution < -0.4 is 5.32 Å². The quantitative estimate of drug-likeness (QED) is 0.223. The number of aromatic nitrogens is 1. The second kappa shape index (κ2) is 10.2. The van der Waals surface area contributed by atoms with Crippen LogP contribution in [0.1, 0.15) is 50.4 Å². The number of nitrogens with one attached hydrogen (secondary N) is 1. The van der Waals surface area contributed by atoms with Gasteiger partial charge in [0.1, 0.15) is 0 Å². The summed E-state index contributed by atoms with van der Waals surface area (Å²) in [7, 11) is 0. The molecule has 6 heteroatoms. The second-order valence-electron chi connectivity index (χ2n) is 9.73. The molecule has 0 spiro atoms. The van der Waals surface area contributed by atoms with Gasteiger partial charge in [0.2, 0.25) is 0 Å². The average molecular weight is 531 g/mol. The molecule has 0 aliphatic carbocycles. The van der Waals surface area contributed by atoms with Gasteiger partial charge in [-0.15, -0.1) is 0 Å². The van der Waals surface area contributed by atoms with Crippen molar-refractivity contribution in [3.05, 3.63) is 136 Å². The topological polar surface area (TPSA) is 70.8 Å². The number of hydrogen-bond acceptors (Lipinski definition) is 3. The van der Waals surface area contributed by atoms with Gasteiger partial charge >= 0.3 is 5.97 Å². The van der Waals surface area contributed by atoms with Crippen LogP contribution in [0.15, 0.2) is 108 Å². The highest BCUT2D eigenvalue weighted by Crippen LogP contribution is 2.29. The molecule has 39 heavy (non-hydrogen) atoms. The lowest BCUT2D eigenvalue weighted by atomic mass is 9.99. The summed E-state index contributed by atoms with van der Waals surface area (Å²) in [4.78, 5) is 25.0. The monoisotopic (exact) mass is 530 g/mol. The van der Waals surface area contributed by atoms with Crippen LogP contribution in [0.2, 0.25) is 0 Å². The molecule has 0 aliphatic heterocycles. The number of aromatic carboxylic acids is 1. The highest BCUT2D eigenvalue weighted by Gasteiger charge is 2.19. The van der Waals surface area contributed by atoms with E-state index in [1.165, 1.54) is 16.3 Å². The molecule has 0 saturated carbocycles. The summed E-state index contributed by atoms with van der Waals surface area (Å²) in [6, 6.07) is 27.2. The number of thiophene rings is 1. The molecule has 3 aromatic carbocycles. The van der Waals surface area contributed by atoms with E-state index < -0.39 is 5.97 Å². The van der Waals surface area contributed by atoms with Crippen molar-refractivity contribution in [2.45, 2.75) is 19.4 Å². The summed E-state index contributed by atoms with van der Waals surface area (Å²) >= 11 is 1.62. The number of carbonyl (C=O) groups is 2. The fourth-order valence-corrected chi connectivity index (χ4v) is 5.73. The minimum atomic E-state index is -0.974. The van der Waals surface area contributed by atoms with Crippen LogP contribution in [0.5, 0.6) is 0 Å². The molecule has 192 valence electrons. The van der Waals surface area contributed by atoms with Crippen LogP contribution in [0.4, 0.5) is 0 Å². The van der Waals surface area contributed by atoms with Gasteiger partial charge in [0.25, 0.3) is 5.91 Å². The Bertz CT molecular complexity index is 1820. The van der Waals surface area contributed by atoms with Crippen LogP contribution in [0, 0.1) is 0 Å². The molecule has 2 N–H and O–H groups in total. The number of rotatable bonds is 7. The number of nitrogens with zero attached hydrogens (tertiary/aromatic N) is 1. The van der Waals surface area contributed by atoms with Crippen LogP contribution in [0.25, 0.3) is 27.4 Å². The van der Waals surface area contributed by atoms with E-state index in [-0.39, 0.29) is 17.5 Å². The highest BCUT2D eigenvalue weighted by atomic mass is 32.1. The summed E-state index contributed by atoms with van der Waals surface area (Å²) in [6.07, 6.45) is 4.80. The van der Waals surface area contributed by atoms with E-state index in [9.17, 15) is 14.7 Å². The Kier molecular flexibility index (Phi) is 6.47. The third-order valence-electron chi connectivity index (χ3n) is 7.14. The molecule has 5 nitrogen and oxygen atoms in total. The molecule has 0 unspecified atom stereocenters. The fraction of sp³-hybridized carbons (Fsp3) is 0.0909. The summed E-state index contributed by atoms with van der Waals surface area (Å²) in [5.41, 5.74) is 6.84. The molecule has 1 amide bonds. The predicted molar refractivity (Wildman–Crippen MR) is 157 cm³/mol. The van der Waals surface area contributed by atoms with Crippen molar-refractivity contribution >= 4 is 39.5 Å². The Morgan fingerprint density at radius 2 is 1.72 bits per heavy atom. The fourth-order valence-electron chi connectivity index (χ4n) is 5.06. The maximum Gasteiger partial charge on any atom is 0.335 e. The minimum absolute atomic E-state index is 0.176. The van der Waals surface area contributed by atoms with E-state index in [0.29, 0.717) is 12.0 Å². The van der Waals surface area contributed by atoms with Crippen molar-refractivity contribution in [2.75, 3.05) is 0 Å². The lowest BCUT2D eigenvalue weighted by molar-refractivity contribution is 0.0696. The highest BCUT2D eigenvalue weighted by molar-refractivity contribution is 7.08. The molecule has 0 aliphatic rings. The Hall–Kier alpha value is -4.68. The van der Waals surface area contributed by atoms with E-state index in [4.69, 9.17) is 0 Å². The molecule has 0 bridgehead atoms. The lowest BCUT2D eigenvalue weighted by Gasteiger charge is -2.17. The van der Waals surface area contributed by atoms with E-state index >= 15 is 0 Å². The SMILES string of the molecule is C[C@H](NC(=O)c1cc(-c2ccsc2)cn2ccc(Cc3ccc4ccccc4c3)c12)c1ccc(C(=O)O)cc1. The lowest BCUT2D eigenvalue weighted by Crippen LogP contribution is -2.27. The van der Waals surface area contributed by atoms with Gasteiger partial charge in [-0.3, -0.25) is 4.79 Å². The number of fused-ring (bicyclic) bond motifs is 2. The van der Waals surface area contributed by atoms with E-state index in [0.717, 1.165) is 27.8 Å². The van der Waals surface area contributed by atoms with Crippen LogP contribution in [-0.4, -0.2) is 21.4 Å². The molecule has 0 radical (unpaired) electrons. The maximum atomic E-state index is 13.8. The van der Waals surface area contributed by atoms with Crippen LogP contribution in [-0.2, 0) is 6.42 Å². The van der Waals surface area contributed by atoms with Gasteiger partial charge in [-0.25, -0.2) is 4.79 Å². The van der Waals surface area contributed by atoms with Gasteiger partial charge in [-0.05, 0) is 93.0 Å². The number of pyridine rings is 1. The minimum Gasteiger partial charge on any atom is -0.478 e. The standard InChI is InChI=1S/C33H26N2O3S/c1-21(23-8-10-25(11-9-23)33(37)38)34-32(36)30-18-29(28-13-15-39-20-28)19-35-14-12-27(31(30)35)17-22-6-7-24-4-2-3-5-26(24)16-22/h2-16,18-21H,17H2,1H3,(H,34,36)(H,37,38)/t21-/m0/s1. The van der Waals surface area contributed by atoms with Crippen LogP contribution >= 0.6 is 11.3 Å². The largest absolute Gasteiger partial charge is 0.478 e.